The lowest BCUT2D eigenvalue weighted by atomic mass is 10.2. The molecule has 4 rings (SSSR count). The van der Waals surface area contributed by atoms with Crippen molar-refractivity contribution in [1.29, 1.82) is 0 Å². The zero-order chi connectivity index (χ0) is 15.3. The number of H-pyrrole nitrogens is 1. The molecule has 1 saturated carbocycles. The zero-order valence-electron chi connectivity index (χ0n) is 11.9. The second-order valence-corrected chi connectivity index (χ2v) is 6.02. The number of hydrogen-bond acceptors (Lipinski definition) is 4. The third kappa shape index (κ3) is 2.04. The van der Waals surface area contributed by atoms with Crippen molar-refractivity contribution in [3.8, 4) is 0 Å². The van der Waals surface area contributed by atoms with Crippen molar-refractivity contribution in [3.63, 3.8) is 0 Å². The predicted octanol–water partition coefficient (Wildman–Crippen LogP) is 1.89. The number of nitrogens with one attached hydrogen (secondary N) is 1. The number of fused-ring (bicyclic) bond motifs is 1. The number of benzene rings is 1. The summed E-state index contributed by atoms with van der Waals surface area (Å²) in [4.78, 5) is 32.6. The third-order valence-electron chi connectivity index (χ3n) is 4.60. The molecule has 3 atom stereocenters. The van der Waals surface area contributed by atoms with E-state index in [2.05, 4.69) is 9.97 Å². The second-order valence-electron chi connectivity index (χ2n) is 6.02. The molecule has 1 N–H and O–H groups in total. The molecule has 1 aromatic carbocycles. The highest BCUT2D eigenvalue weighted by atomic mass is 16.6. The molecule has 0 spiro atoms. The number of carbonyl (C=O) groups excluding carboxylic acids is 1. The molecule has 2 heterocycles. The molecule has 2 fully saturated rings. The number of nitro groups is 1. The van der Waals surface area contributed by atoms with Gasteiger partial charge < -0.3 is 9.88 Å². The van der Waals surface area contributed by atoms with Gasteiger partial charge in [-0.05, 0) is 25.0 Å². The van der Waals surface area contributed by atoms with Crippen LogP contribution in [-0.2, 0) is 4.79 Å². The fourth-order valence-corrected chi connectivity index (χ4v) is 3.34. The highest BCUT2D eigenvalue weighted by Crippen LogP contribution is 2.40. The van der Waals surface area contributed by atoms with Crippen molar-refractivity contribution in [2.24, 2.45) is 5.92 Å². The first-order valence-electron chi connectivity index (χ1n) is 7.54. The first-order valence-corrected chi connectivity index (χ1v) is 7.54. The molecule has 0 bridgehead atoms. The fourth-order valence-electron chi connectivity index (χ4n) is 3.34. The van der Waals surface area contributed by atoms with Crippen LogP contribution in [0.2, 0.25) is 0 Å². The van der Waals surface area contributed by atoms with Crippen LogP contribution < -0.4 is 0 Å². The van der Waals surface area contributed by atoms with Gasteiger partial charge in [-0.2, -0.15) is 0 Å². The number of hydrogen-bond donors (Lipinski definition) is 1. The molecule has 1 saturated heterocycles. The van der Waals surface area contributed by atoms with Gasteiger partial charge in [-0.1, -0.05) is 12.1 Å². The molecule has 0 unspecified atom stereocenters. The minimum Gasteiger partial charge on any atom is -0.340 e. The van der Waals surface area contributed by atoms with Crippen LogP contribution >= 0.6 is 0 Å². The lowest BCUT2D eigenvalue weighted by molar-refractivity contribution is -0.497. The Morgan fingerprint density at radius 2 is 2.23 bits per heavy atom. The standard InChI is InChI=1S/C15H16N4O3/c20-15(9-8-13(9)19(21)22)18-7-3-6-12(18)14-16-10-4-1-2-5-11(10)17-14/h1-2,4-5,9,12-13H,3,6-8H2,(H,16,17)/t9-,12+,13-/m1/s1. The summed E-state index contributed by atoms with van der Waals surface area (Å²) in [5.74, 6) is 0.245. The van der Waals surface area contributed by atoms with Crippen molar-refractivity contribution in [3.05, 3.63) is 40.2 Å². The average Bonchev–Trinajstić information content (AvgIpc) is 2.98. The summed E-state index contributed by atoms with van der Waals surface area (Å²) in [6.45, 7) is 0.654. The fraction of sp³-hybridized carbons (Fsp3) is 0.467. The van der Waals surface area contributed by atoms with Crippen LogP contribution in [0.4, 0.5) is 0 Å². The smallest absolute Gasteiger partial charge is 0.233 e. The highest BCUT2D eigenvalue weighted by molar-refractivity contribution is 5.83. The Kier molecular flexibility index (Phi) is 2.88. The molecule has 22 heavy (non-hydrogen) atoms. The number of carbonyl (C=O) groups is 1. The molecule has 1 aromatic heterocycles. The third-order valence-corrected chi connectivity index (χ3v) is 4.60. The molecule has 2 aliphatic rings. The van der Waals surface area contributed by atoms with E-state index >= 15 is 0 Å². The minimum absolute atomic E-state index is 0.0899. The maximum Gasteiger partial charge on any atom is 0.233 e. The van der Waals surface area contributed by atoms with Gasteiger partial charge in [0.05, 0.1) is 17.1 Å². The molecule has 1 amide bonds. The Morgan fingerprint density at radius 1 is 1.41 bits per heavy atom. The predicted molar refractivity (Wildman–Crippen MR) is 78.7 cm³/mol. The van der Waals surface area contributed by atoms with E-state index in [1.54, 1.807) is 4.90 Å². The number of nitrogens with zero attached hydrogens (tertiary/aromatic N) is 3. The second kappa shape index (κ2) is 4.79. The van der Waals surface area contributed by atoms with Crippen LogP contribution in [0.25, 0.3) is 11.0 Å². The molecule has 114 valence electrons. The topological polar surface area (TPSA) is 92.1 Å². The summed E-state index contributed by atoms with van der Waals surface area (Å²) in [6, 6.07) is 6.97. The van der Waals surface area contributed by atoms with Crippen molar-refractivity contribution in [2.75, 3.05) is 6.54 Å². The SMILES string of the molecule is O=C([C@@H]1C[C@H]1[N+](=O)[O-])N1CCC[C@H]1c1nc2ccccc2[nH]1. The quantitative estimate of drug-likeness (QED) is 0.692. The van der Waals surface area contributed by atoms with Crippen LogP contribution in [0.15, 0.2) is 24.3 Å². The maximum atomic E-state index is 12.5. The van der Waals surface area contributed by atoms with Crippen molar-refractivity contribution < 1.29 is 9.72 Å². The van der Waals surface area contributed by atoms with Gasteiger partial charge in [0.25, 0.3) is 0 Å². The Balaban J connectivity index is 1.58. The van der Waals surface area contributed by atoms with Gasteiger partial charge in [0.15, 0.2) is 0 Å². The lowest BCUT2D eigenvalue weighted by Crippen LogP contribution is -2.33. The van der Waals surface area contributed by atoms with Crippen molar-refractivity contribution in [1.82, 2.24) is 14.9 Å². The van der Waals surface area contributed by atoms with E-state index < -0.39 is 12.0 Å². The van der Waals surface area contributed by atoms with Crippen LogP contribution in [0.1, 0.15) is 31.1 Å². The summed E-state index contributed by atoms with van der Waals surface area (Å²) in [6.07, 6.45) is 2.12. The number of rotatable bonds is 3. The summed E-state index contributed by atoms with van der Waals surface area (Å²) >= 11 is 0. The van der Waals surface area contributed by atoms with E-state index in [4.69, 9.17) is 0 Å². The molecule has 7 heteroatoms. The highest BCUT2D eigenvalue weighted by Gasteiger charge is 2.55. The lowest BCUT2D eigenvalue weighted by Gasteiger charge is -2.22. The summed E-state index contributed by atoms with van der Waals surface area (Å²) < 4.78 is 0. The number of para-hydroxylation sites is 2. The van der Waals surface area contributed by atoms with E-state index in [-0.39, 0.29) is 16.9 Å². The van der Waals surface area contributed by atoms with Crippen molar-refractivity contribution in [2.45, 2.75) is 31.3 Å². The summed E-state index contributed by atoms with van der Waals surface area (Å²) in [5, 5.41) is 10.8. The van der Waals surface area contributed by atoms with Gasteiger partial charge in [-0.3, -0.25) is 14.9 Å². The van der Waals surface area contributed by atoms with E-state index in [0.717, 1.165) is 29.7 Å². The Labute approximate surface area is 126 Å². The zero-order valence-corrected chi connectivity index (χ0v) is 11.9. The minimum atomic E-state index is -0.690. The van der Waals surface area contributed by atoms with E-state index in [1.165, 1.54) is 0 Å². The maximum absolute atomic E-state index is 12.5. The van der Waals surface area contributed by atoms with Crippen LogP contribution in [0.3, 0.4) is 0 Å². The molecule has 2 aromatic rings. The summed E-state index contributed by atoms with van der Waals surface area (Å²) in [7, 11) is 0. The van der Waals surface area contributed by atoms with Crippen LogP contribution in [0, 0.1) is 16.0 Å². The number of aromatic nitrogens is 2. The van der Waals surface area contributed by atoms with Gasteiger partial charge in [0.1, 0.15) is 11.7 Å². The molecule has 0 radical (unpaired) electrons. The van der Waals surface area contributed by atoms with Gasteiger partial charge in [0, 0.05) is 17.9 Å². The number of imidazole rings is 1. The normalized spacial score (nSPS) is 27.3. The van der Waals surface area contributed by atoms with E-state index in [9.17, 15) is 14.9 Å². The number of likely N-dealkylation sites (tertiary alicyclic amines) is 1. The Morgan fingerprint density at radius 3 is 2.95 bits per heavy atom. The Hall–Kier alpha value is -2.44. The molecule has 7 nitrogen and oxygen atoms in total. The molecule has 1 aliphatic heterocycles. The monoisotopic (exact) mass is 300 g/mol. The van der Waals surface area contributed by atoms with Gasteiger partial charge >= 0.3 is 0 Å². The molecule has 1 aliphatic carbocycles. The first kappa shape index (κ1) is 13.2. The Bertz CT molecular complexity index is 723. The molecular formula is C15H16N4O3. The van der Waals surface area contributed by atoms with Crippen LogP contribution in [-0.4, -0.2) is 38.3 Å². The number of aromatic amines is 1. The van der Waals surface area contributed by atoms with Gasteiger partial charge in [0.2, 0.25) is 11.9 Å². The van der Waals surface area contributed by atoms with Gasteiger partial charge in [-0.25, -0.2) is 4.98 Å². The number of amides is 1. The first-order chi connectivity index (χ1) is 10.6. The average molecular weight is 300 g/mol. The van der Waals surface area contributed by atoms with Crippen molar-refractivity contribution >= 4 is 16.9 Å². The van der Waals surface area contributed by atoms with Gasteiger partial charge in [-0.15, -0.1) is 0 Å². The summed E-state index contributed by atoms with van der Waals surface area (Å²) in [5.41, 5.74) is 1.83. The van der Waals surface area contributed by atoms with Crippen LogP contribution in [0.5, 0.6) is 0 Å². The molecular weight excluding hydrogens is 284 g/mol. The largest absolute Gasteiger partial charge is 0.340 e. The van der Waals surface area contributed by atoms with E-state index in [1.807, 2.05) is 24.3 Å². The van der Waals surface area contributed by atoms with E-state index in [0.29, 0.717) is 13.0 Å².